The Bertz CT molecular complexity index is 2770. The third-order valence-electron chi connectivity index (χ3n) is 14.3. The number of aliphatic carboxylic acids is 1. The first-order chi connectivity index (χ1) is 36.6. The third-order valence-corrected chi connectivity index (χ3v) is 17.7. The fourth-order valence-corrected chi connectivity index (χ4v) is 13.1. The second-order valence-electron chi connectivity index (χ2n) is 19.7. The maximum Gasteiger partial charge on any atom is 0.346 e. The molecule has 0 aliphatic carbocycles. The highest BCUT2D eigenvalue weighted by Gasteiger charge is 2.50. The average Bonchev–Trinajstić information content (AvgIpc) is 4.28. The topological polar surface area (TPSA) is 123 Å². The summed E-state index contributed by atoms with van der Waals surface area (Å²) < 4.78 is 12.4. The molecule has 5 aromatic rings. The molecule has 398 valence electrons. The zero-order valence-electron chi connectivity index (χ0n) is 45.0. The number of ether oxygens (including phenoxy) is 2. The lowest BCUT2D eigenvalue weighted by Crippen LogP contribution is -2.34. The van der Waals surface area contributed by atoms with Crippen molar-refractivity contribution in [3.63, 3.8) is 0 Å². The minimum absolute atomic E-state index is 0.138. The van der Waals surface area contributed by atoms with Crippen LogP contribution < -0.4 is 14.4 Å². The van der Waals surface area contributed by atoms with Gasteiger partial charge in [-0.3, -0.25) is 9.59 Å². The smallest absolute Gasteiger partial charge is 0.346 e. The number of fused-ring (bicyclic) bond motifs is 1. The van der Waals surface area contributed by atoms with Crippen LogP contribution in [0.25, 0.3) is 27.2 Å². The van der Waals surface area contributed by atoms with Gasteiger partial charge < -0.3 is 29.3 Å². The van der Waals surface area contributed by atoms with E-state index < -0.39 is 5.97 Å². The molecule has 0 bridgehead atoms. The van der Waals surface area contributed by atoms with E-state index in [-0.39, 0.29) is 29.2 Å². The van der Waals surface area contributed by atoms with E-state index in [9.17, 15) is 15.2 Å². The van der Waals surface area contributed by atoms with Crippen LogP contribution in [-0.2, 0) is 14.4 Å². The number of benzene rings is 2. The summed E-state index contributed by atoms with van der Waals surface area (Å²) >= 11 is 4.51. The van der Waals surface area contributed by atoms with Crippen LogP contribution in [0.4, 0.5) is 16.4 Å². The van der Waals surface area contributed by atoms with Crippen molar-refractivity contribution in [2.24, 2.45) is 11.8 Å². The van der Waals surface area contributed by atoms with Gasteiger partial charge in [-0.05, 0) is 129 Å². The van der Waals surface area contributed by atoms with E-state index in [2.05, 4.69) is 82.8 Å². The second kappa shape index (κ2) is 28.3. The molecule has 2 aliphatic heterocycles. The Morgan fingerprint density at radius 3 is 1.51 bits per heavy atom. The zero-order valence-corrected chi connectivity index (χ0v) is 47.4. The summed E-state index contributed by atoms with van der Waals surface area (Å²) in [6, 6.07) is 30.3. The summed E-state index contributed by atoms with van der Waals surface area (Å²) in [5, 5.41) is 19.9. The molecule has 2 unspecified atom stereocenters. The van der Waals surface area contributed by atoms with E-state index in [4.69, 9.17) is 9.47 Å². The number of nitriles is 1. The van der Waals surface area contributed by atoms with Gasteiger partial charge in [-0.25, -0.2) is 4.79 Å². The number of hydrogen-bond acceptors (Lipinski definition) is 10. The quantitative estimate of drug-likeness (QED) is 0.0257. The van der Waals surface area contributed by atoms with E-state index >= 15 is 9.59 Å². The monoisotopic (exact) mass is 1070 g/mol. The summed E-state index contributed by atoms with van der Waals surface area (Å²) in [5.41, 5.74) is 3.87. The summed E-state index contributed by atoms with van der Waals surface area (Å²) in [7, 11) is 0. The number of unbranched alkanes of at least 4 members (excludes halogenated alkanes) is 8. The molecule has 3 aromatic heterocycles. The normalized spacial score (nSPS) is 14.5. The first-order valence-electron chi connectivity index (χ1n) is 27.6. The summed E-state index contributed by atoms with van der Waals surface area (Å²) in [6.07, 6.45) is 18.5. The fourth-order valence-electron chi connectivity index (χ4n) is 9.85. The van der Waals surface area contributed by atoms with Gasteiger partial charge in [0.1, 0.15) is 28.1 Å². The van der Waals surface area contributed by atoms with Crippen molar-refractivity contribution in [1.29, 1.82) is 5.26 Å². The standard InChI is InChI=1S/C62H76N4O6S3/c1-7-13-17-19-37-71-48-27-23-46(24-28-48)66(47-25-29-49(30-26-47)72-38-20-18-14-8-2)55-36-35-54(75-55)59-57-56(60(67)65(59)42-44(12-6)22-16-10-4)58(64(61(57)68)41-43(11-5)21-15-9-3)53-34-33-52(74-53)51-32-31-50(73-51)39-45(40-63)62(69)70/h23-36,39,43-44H,7-22,37-38,41-42H2,1-6H3,(H,69,70)/b45-39-. The first kappa shape index (κ1) is 56.8. The van der Waals surface area contributed by atoms with Gasteiger partial charge >= 0.3 is 5.97 Å². The third kappa shape index (κ3) is 14.1. The Morgan fingerprint density at radius 2 is 1.04 bits per heavy atom. The van der Waals surface area contributed by atoms with Crippen LogP contribution in [-0.4, -0.2) is 59.0 Å². The molecule has 2 atom stereocenters. The molecule has 0 saturated carbocycles. The van der Waals surface area contributed by atoms with Gasteiger partial charge in [-0.2, -0.15) is 5.26 Å². The highest BCUT2D eigenvalue weighted by molar-refractivity contribution is 7.23. The Hall–Kier alpha value is -5.94. The molecular formula is C62H76N4O6S3. The molecule has 7 rings (SSSR count). The fraction of sp³-hybridized carbons (Fsp3) is 0.452. The number of amides is 2. The SMILES string of the molecule is CCCCCCOc1ccc(N(c2ccc(OCCCCCC)cc2)c2ccc(C3=C4C(=O)N(CC(CC)CCCC)C(c5ccc(-c6ccc(/C=C(/C#N)C(=O)O)s6)s5)=C4C(=O)N3CC(CC)CCCC)s2)cc1. The van der Waals surface area contributed by atoms with E-state index in [0.29, 0.717) is 53.7 Å². The number of rotatable bonds is 32. The van der Waals surface area contributed by atoms with Crippen molar-refractivity contribution in [2.75, 3.05) is 31.2 Å². The van der Waals surface area contributed by atoms with Gasteiger partial charge in [0.25, 0.3) is 11.8 Å². The van der Waals surface area contributed by atoms with E-state index in [1.54, 1.807) is 17.4 Å². The Balaban J connectivity index is 1.34. The maximum atomic E-state index is 15.6. The van der Waals surface area contributed by atoms with Gasteiger partial charge in [0.2, 0.25) is 0 Å². The van der Waals surface area contributed by atoms with Gasteiger partial charge in [-0.1, -0.05) is 119 Å². The van der Waals surface area contributed by atoms with Crippen LogP contribution in [0, 0.1) is 23.2 Å². The molecule has 0 spiro atoms. The van der Waals surface area contributed by atoms with Crippen LogP contribution in [0.5, 0.6) is 11.5 Å². The highest BCUT2D eigenvalue weighted by Crippen LogP contribution is 2.52. The molecule has 2 amide bonds. The lowest BCUT2D eigenvalue weighted by Gasteiger charge is -2.29. The number of hydrogen-bond donors (Lipinski definition) is 1. The van der Waals surface area contributed by atoms with E-state index in [0.717, 1.165) is 124 Å². The zero-order chi connectivity index (χ0) is 53.3. The van der Waals surface area contributed by atoms with Crippen LogP contribution in [0.1, 0.15) is 159 Å². The minimum atomic E-state index is -1.27. The van der Waals surface area contributed by atoms with Crippen LogP contribution in [0.15, 0.2) is 102 Å². The van der Waals surface area contributed by atoms with Crippen molar-refractivity contribution in [3.05, 3.63) is 116 Å². The number of anilines is 3. The van der Waals surface area contributed by atoms with Crippen LogP contribution >= 0.6 is 34.0 Å². The lowest BCUT2D eigenvalue weighted by atomic mass is 9.98. The molecule has 2 aromatic carbocycles. The molecule has 0 fully saturated rings. The lowest BCUT2D eigenvalue weighted by molar-refractivity contribution is -0.132. The van der Waals surface area contributed by atoms with Gasteiger partial charge in [0.15, 0.2) is 0 Å². The molecule has 1 N–H and O–H groups in total. The average molecular weight is 1070 g/mol. The minimum Gasteiger partial charge on any atom is -0.494 e. The number of carboxylic acids is 1. The molecule has 75 heavy (non-hydrogen) atoms. The number of carbonyl (C=O) groups is 3. The first-order valence-corrected chi connectivity index (χ1v) is 30.1. The predicted molar refractivity (Wildman–Crippen MR) is 311 cm³/mol. The molecule has 10 nitrogen and oxygen atoms in total. The number of nitrogens with zero attached hydrogens (tertiary/aromatic N) is 4. The van der Waals surface area contributed by atoms with Crippen LogP contribution in [0.3, 0.4) is 0 Å². The molecule has 2 aliphatic rings. The molecule has 5 heterocycles. The number of carboxylic acid groups (broad SMARTS) is 1. The molecule has 0 radical (unpaired) electrons. The maximum absolute atomic E-state index is 15.6. The largest absolute Gasteiger partial charge is 0.494 e. The molecular weight excluding hydrogens is 993 g/mol. The van der Waals surface area contributed by atoms with Crippen molar-refractivity contribution >= 4 is 85.6 Å². The molecule has 0 saturated heterocycles. The highest BCUT2D eigenvalue weighted by atomic mass is 32.1. The summed E-state index contributed by atoms with van der Waals surface area (Å²) in [6.45, 7) is 15.6. The second-order valence-corrected chi connectivity index (χ2v) is 23.0. The predicted octanol–water partition coefficient (Wildman–Crippen LogP) is 17.2. The number of carbonyl (C=O) groups excluding carboxylic acids is 2. The van der Waals surface area contributed by atoms with E-state index in [1.807, 2.05) is 58.3 Å². The van der Waals surface area contributed by atoms with E-state index in [1.165, 1.54) is 54.4 Å². The van der Waals surface area contributed by atoms with Crippen molar-refractivity contribution in [2.45, 2.75) is 144 Å². The van der Waals surface area contributed by atoms with Gasteiger partial charge in [0.05, 0.1) is 45.5 Å². The number of thiophene rings is 3. The van der Waals surface area contributed by atoms with Crippen molar-refractivity contribution < 1.29 is 29.0 Å². The Labute approximate surface area is 458 Å². The van der Waals surface area contributed by atoms with Crippen LogP contribution in [0.2, 0.25) is 0 Å². The Kier molecular flexibility index (Phi) is 21.4. The summed E-state index contributed by atoms with van der Waals surface area (Å²) in [5.74, 6) is 0.591. The Morgan fingerprint density at radius 1 is 0.587 bits per heavy atom. The van der Waals surface area contributed by atoms with Crippen molar-refractivity contribution in [3.8, 4) is 27.3 Å². The van der Waals surface area contributed by atoms with Gasteiger partial charge in [-0.15, -0.1) is 34.0 Å². The molecule has 13 heteroatoms. The summed E-state index contributed by atoms with van der Waals surface area (Å²) in [4.78, 5) is 53.1. The van der Waals surface area contributed by atoms with Gasteiger partial charge in [0, 0.05) is 39.1 Å². The van der Waals surface area contributed by atoms with Crippen molar-refractivity contribution in [1.82, 2.24) is 9.80 Å².